The monoisotopic (exact) mass is 737 g/mol. The van der Waals surface area contributed by atoms with E-state index in [1.807, 2.05) is 25.1 Å². The summed E-state index contributed by atoms with van der Waals surface area (Å²) in [5.41, 5.74) is 6.52. The Balaban J connectivity index is 1.49. The van der Waals surface area contributed by atoms with E-state index < -0.39 is 12.0 Å². The van der Waals surface area contributed by atoms with Gasteiger partial charge >= 0.3 is 5.97 Å². The first-order valence-electron chi connectivity index (χ1n) is 19.0. The largest absolute Gasteiger partial charge is 0.493 e. The maximum absolute atomic E-state index is 12.7. The second kappa shape index (κ2) is 15.4. The topological polar surface area (TPSA) is 95.9 Å². The third-order valence-corrected chi connectivity index (χ3v) is 11.9. The molecule has 4 heterocycles. The molecule has 54 heavy (non-hydrogen) atoms. The minimum Gasteiger partial charge on any atom is -0.493 e. The number of carboxylic acids is 1. The molecule has 4 aromatic rings. The van der Waals surface area contributed by atoms with Crippen LogP contribution in [0.2, 0.25) is 0 Å². The average Bonchev–Trinajstić information content (AvgIpc) is 3.17. The molecule has 286 valence electrons. The van der Waals surface area contributed by atoms with E-state index in [1.165, 1.54) is 0 Å². The smallest absolute Gasteiger partial charge is 0.362 e. The van der Waals surface area contributed by atoms with Crippen LogP contribution in [-0.2, 0) is 30.5 Å². The number of carbonyl (C=O) groups is 1. The zero-order chi connectivity index (χ0) is 38.1. The molecular formula is C44H53N2O8+. The Morgan fingerprint density at radius 3 is 2.30 bits per heavy atom. The Bertz CT molecular complexity index is 2010. The molecule has 0 saturated carbocycles. The van der Waals surface area contributed by atoms with E-state index in [-0.39, 0.29) is 12.1 Å². The summed E-state index contributed by atoms with van der Waals surface area (Å²) in [6.07, 6.45) is 4.65. The Labute approximate surface area is 318 Å². The van der Waals surface area contributed by atoms with Crippen LogP contribution in [0, 0.1) is 0 Å². The van der Waals surface area contributed by atoms with Crippen molar-refractivity contribution in [2.24, 2.45) is 0 Å². The van der Waals surface area contributed by atoms with Crippen molar-refractivity contribution >= 4 is 5.97 Å². The SMILES string of the molecule is CCCCOc1c(OC)cc2c3c1Oc1cc4c(cc1OC)CC[N+](C)(C(C)C(=O)O)C4Cc1ccc(cc1)Oc1cc(ccc1OC)CC3N(C)CC2. The number of likely N-dealkylation sites (N-methyl/N-ethyl adjacent to an activating group) is 2. The summed E-state index contributed by atoms with van der Waals surface area (Å²) in [7, 11) is 9.21. The number of nitrogens with zero attached hydrogens (tertiary/aromatic N) is 2. The van der Waals surface area contributed by atoms with E-state index in [2.05, 4.69) is 68.4 Å². The highest BCUT2D eigenvalue weighted by Gasteiger charge is 2.46. The van der Waals surface area contributed by atoms with Crippen molar-refractivity contribution in [3.05, 3.63) is 94.0 Å². The van der Waals surface area contributed by atoms with Crippen LogP contribution in [0.4, 0.5) is 0 Å². The van der Waals surface area contributed by atoms with Gasteiger partial charge in [0.15, 0.2) is 40.5 Å². The van der Waals surface area contributed by atoms with Crippen LogP contribution in [0.25, 0.3) is 0 Å². The third-order valence-electron chi connectivity index (χ3n) is 11.9. The lowest BCUT2D eigenvalue weighted by Crippen LogP contribution is -2.59. The highest BCUT2D eigenvalue weighted by molar-refractivity contribution is 5.71. The summed E-state index contributed by atoms with van der Waals surface area (Å²) >= 11 is 0. The molecule has 0 aliphatic carbocycles. The van der Waals surface area contributed by atoms with Crippen molar-refractivity contribution in [2.45, 2.75) is 70.5 Å². The lowest BCUT2D eigenvalue weighted by molar-refractivity contribution is -0.954. The molecule has 0 aromatic heterocycles. The van der Waals surface area contributed by atoms with Gasteiger partial charge in [0.25, 0.3) is 0 Å². The predicted molar refractivity (Wildman–Crippen MR) is 207 cm³/mol. The molecule has 10 nitrogen and oxygen atoms in total. The van der Waals surface area contributed by atoms with Gasteiger partial charge in [0, 0.05) is 36.6 Å². The number of carboxylic acid groups (broad SMARTS) is 1. The van der Waals surface area contributed by atoms with Gasteiger partial charge in [-0.1, -0.05) is 31.5 Å². The molecule has 4 aliphatic rings. The molecule has 1 N–H and O–H groups in total. The van der Waals surface area contributed by atoms with E-state index >= 15 is 0 Å². The molecule has 0 amide bonds. The average molecular weight is 738 g/mol. The summed E-state index contributed by atoms with van der Waals surface area (Å²) < 4.78 is 38.5. The lowest BCUT2D eigenvalue weighted by atomic mass is 9.85. The Hall–Kier alpha value is -4.93. The van der Waals surface area contributed by atoms with Gasteiger partial charge in [-0.25, -0.2) is 4.79 Å². The molecule has 10 heteroatoms. The van der Waals surface area contributed by atoms with Gasteiger partial charge in [0.05, 0.1) is 41.5 Å². The zero-order valence-electron chi connectivity index (χ0n) is 32.6. The fraction of sp³-hybridized carbons (Fsp3) is 0.432. The van der Waals surface area contributed by atoms with Crippen LogP contribution in [0.15, 0.2) is 60.7 Å². The number of hydrogen-bond donors (Lipinski definition) is 1. The number of fused-ring (bicyclic) bond motifs is 2. The fourth-order valence-electron chi connectivity index (χ4n) is 8.45. The summed E-state index contributed by atoms with van der Waals surface area (Å²) in [6, 6.07) is 19.6. The zero-order valence-corrected chi connectivity index (χ0v) is 32.6. The minimum absolute atomic E-state index is 0.0738. The number of rotatable bonds is 9. The quantitative estimate of drug-likeness (QED) is 0.134. The van der Waals surface area contributed by atoms with Gasteiger partial charge < -0.3 is 38.0 Å². The third kappa shape index (κ3) is 6.93. The number of unbranched alkanes of at least 4 members (excludes halogenated alkanes) is 1. The van der Waals surface area contributed by atoms with E-state index in [4.69, 9.17) is 28.4 Å². The van der Waals surface area contributed by atoms with E-state index in [1.54, 1.807) is 21.3 Å². The first-order chi connectivity index (χ1) is 26.1. The molecular weight excluding hydrogens is 684 g/mol. The number of ether oxygens (including phenoxy) is 6. The van der Waals surface area contributed by atoms with Crippen LogP contribution in [-0.4, -0.2) is 81.6 Å². The van der Waals surface area contributed by atoms with E-state index in [0.29, 0.717) is 82.9 Å². The second-order valence-electron chi connectivity index (χ2n) is 15.1. The summed E-state index contributed by atoms with van der Waals surface area (Å²) in [4.78, 5) is 15.1. The maximum atomic E-state index is 12.7. The standard InChI is InChI=1S/C44H52N2O8/c1-8-9-20-52-42-40(51-7)25-31-16-18-45(3)34-21-29-12-15-36(49-5)38(23-29)53-32-13-10-28(11-14-32)22-35-33-26-39(54-43(42)41(31)34)37(50-6)24-30(33)17-19-46(35,4)27(2)44(47)48/h10-15,23-27,34-35H,8-9,16-22H2,1-7H3/p+1. The molecule has 0 fully saturated rings. The molecule has 8 rings (SSSR count). The number of hydrogen-bond acceptors (Lipinski definition) is 8. The number of quaternary nitrogens is 1. The molecule has 0 saturated heterocycles. The molecule has 6 bridgehead atoms. The Morgan fingerprint density at radius 1 is 0.889 bits per heavy atom. The first kappa shape index (κ1) is 37.4. The van der Waals surface area contributed by atoms with Gasteiger partial charge in [0.1, 0.15) is 11.8 Å². The van der Waals surface area contributed by atoms with Gasteiger partial charge in [-0.3, -0.25) is 4.90 Å². The van der Waals surface area contributed by atoms with E-state index in [9.17, 15) is 9.90 Å². The predicted octanol–water partition coefficient (Wildman–Crippen LogP) is 8.32. The molecule has 0 spiro atoms. The Kier molecular flexibility index (Phi) is 10.7. The van der Waals surface area contributed by atoms with Crippen molar-refractivity contribution in [3.63, 3.8) is 0 Å². The van der Waals surface area contributed by atoms with E-state index in [0.717, 1.165) is 59.2 Å². The van der Waals surface area contributed by atoms with Crippen LogP contribution in [0.5, 0.6) is 46.0 Å². The van der Waals surface area contributed by atoms with Crippen LogP contribution in [0.3, 0.4) is 0 Å². The van der Waals surface area contributed by atoms with Crippen molar-refractivity contribution in [1.82, 2.24) is 4.90 Å². The normalized spacial score (nSPS) is 21.0. The number of methoxy groups -OCH3 is 3. The van der Waals surface area contributed by atoms with Crippen LogP contribution < -0.4 is 28.4 Å². The van der Waals surface area contributed by atoms with Crippen molar-refractivity contribution in [3.8, 4) is 46.0 Å². The maximum Gasteiger partial charge on any atom is 0.362 e. The van der Waals surface area contributed by atoms with Crippen molar-refractivity contribution < 1.29 is 42.8 Å². The van der Waals surface area contributed by atoms with Gasteiger partial charge in [0.2, 0.25) is 5.75 Å². The lowest BCUT2D eigenvalue weighted by Gasteiger charge is -2.48. The number of benzene rings is 4. The van der Waals surface area contributed by atoms with Crippen LogP contribution in [0.1, 0.15) is 72.2 Å². The molecule has 4 aliphatic heterocycles. The fourth-order valence-corrected chi connectivity index (χ4v) is 8.45. The highest BCUT2D eigenvalue weighted by atomic mass is 16.6. The minimum atomic E-state index is -0.822. The summed E-state index contributed by atoms with van der Waals surface area (Å²) in [6.45, 7) is 5.98. The van der Waals surface area contributed by atoms with Crippen molar-refractivity contribution in [1.29, 1.82) is 0 Å². The Morgan fingerprint density at radius 2 is 1.59 bits per heavy atom. The molecule has 0 radical (unpaired) electrons. The van der Waals surface area contributed by atoms with Gasteiger partial charge in [-0.05, 0) is 98.0 Å². The first-order valence-corrected chi connectivity index (χ1v) is 19.0. The summed E-state index contributed by atoms with van der Waals surface area (Å²) in [5, 5.41) is 10.4. The molecule has 4 aromatic carbocycles. The van der Waals surface area contributed by atoms with Gasteiger partial charge in [-0.2, -0.15) is 0 Å². The second-order valence-corrected chi connectivity index (χ2v) is 15.1. The van der Waals surface area contributed by atoms with Gasteiger partial charge in [-0.15, -0.1) is 0 Å². The summed E-state index contributed by atoms with van der Waals surface area (Å²) in [5.74, 6) is 4.12. The number of aliphatic carboxylic acids is 1. The highest BCUT2D eigenvalue weighted by Crippen LogP contribution is 2.52. The molecule has 4 unspecified atom stereocenters. The molecule has 4 atom stereocenters. The van der Waals surface area contributed by atoms with Crippen LogP contribution >= 0.6 is 0 Å². The van der Waals surface area contributed by atoms with Crippen molar-refractivity contribution in [2.75, 3.05) is 55.1 Å².